The summed E-state index contributed by atoms with van der Waals surface area (Å²) in [6.07, 6.45) is 2.95. The molecule has 5 aliphatic rings. The Kier molecular flexibility index (Phi) is 6.59. The molecule has 3 aliphatic heterocycles. The molecular formula is C29H37N3O8. The summed E-state index contributed by atoms with van der Waals surface area (Å²) in [6.45, 7) is 4.46. The van der Waals surface area contributed by atoms with Crippen LogP contribution in [-0.2, 0) is 35.7 Å². The molecule has 0 saturated carbocycles. The second-order valence-corrected chi connectivity index (χ2v) is 11.7. The number of hydrogen-bond donors (Lipinski definition) is 3. The van der Waals surface area contributed by atoms with E-state index in [4.69, 9.17) is 18.9 Å². The predicted octanol–water partition coefficient (Wildman–Crippen LogP) is 0.705. The Morgan fingerprint density at radius 2 is 2.05 bits per heavy atom. The number of esters is 2. The Labute approximate surface area is 233 Å². The first-order valence-corrected chi connectivity index (χ1v) is 14.1. The number of benzene rings is 1. The quantitative estimate of drug-likeness (QED) is 0.413. The number of carbonyl (C=O) groups is 3. The third-order valence-electron chi connectivity index (χ3n) is 9.49. The number of amides is 1. The zero-order valence-corrected chi connectivity index (χ0v) is 23.3. The Bertz CT molecular complexity index is 1280. The maximum absolute atomic E-state index is 13.2. The molecule has 3 N–H and O–H groups in total. The number of aliphatic hydroxyl groups is 1. The average Bonchev–Trinajstić information content (AvgIpc) is 3.59. The van der Waals surface area contributed by atoms with Crippen molar-refractivity contribution in [3.05, 3.63) is 35.1 Å². The van der Waals surface area contributed by atoms with Gasteiger partial charge in [-0.2, -0.15) is 0 Å². The van der Waals surface area contributed by atoms with Gasteiger partial charge in [-0.15, -0.1) is 0 Å². The summed E-state index contributed by atoms with van der Waals surface area (Å²) in [5.41, 5.74) is 0.105. The van der Waals surface area contributed by atoms with Crippen LogP contribution in [0.2, 0.25) is 0 Å². The predicted molar refractivity (Wildman–Crippen MR) is 142 cm³/mol. The standard InChI is InChI=1S/C29H37N3O8/c1-15(31-25(33)18-6-5-12-30-18)26(34)38-16(2)27(35)39-20-9-10-29(36)21-14-17-7-8-19(37-4)23-22(17)28(29,24(20)40-23)11-13-32(21)3/h7-9,15-16,18,21,24,30,36H,5-6,10-14H2,1-4H3,(H,31,33)/t15-,16-,18-,21-,24-,28-,29+/m0/s1. The first-order chi connectivity index (χ1) is 19.1. The zero-order chi connectivity index (χ0) is 28.4. The summed E-state index contributed by atoms with van der Waals surface area (Å²) < 4.78 is 23.3. The van der Waals surface area contributed by atoms with Crippen LogP contribution in [0.3, 0.4) is 0 Å². The molecule has 1 aromatic rings. The summed E-state index contributed by atoms with van der Waals surface area (Å²) in [7, 11) is 3.60. The van der Waals surface area contributed by atoms with Crippen LogP contribution < -0.4 is 20.1 Å². The van der Waals surface area contributed by atoms with Crippen LogP contribution in [0.1, 0.15) is 50.7 Å². The fraction of sp³-hybridized carbons (Fsp3) is 0.621. The largest absolute Gasteiger partial charge is 0.493 e. The van der Waals surface area contributed by atoms with Gasteiger partial charge in [-0.3, -0.25) is 4.79 Å². The van der Waals surface area contributed by atoms with Crippen LogP contribution in [0, 0.1) is 0 Å². The van der Waals surface area contributed by atoms with Crippen molar-refractivity contribution in [1.82, 2.24) is 15.5 Å². The van der Waals surface area contributed by atoms with Crippen molar-refractivity contribution in [2.75, 3.05) is 27.2 Å². The molecule has 40 heavy (non-hydrogen) atoms. The van der Waals surface area contributed by atoms with Gasteiger partial charge in [0, 0.05) is 18.0 Å². The molecule has 2 saturated heterocycles. The van der Waals surface area contributed by atoms with Gasteiger partial charge < -0.3 is 39.6 Å². The summed E-state index contributed by atoms with van der Waals surface area (Å²) in [4.78, 5) is 40.4. The highest BCUT2D eigenvalue weighted by Gasteiger charge is 2.72. The maximum Gasteiger partial charge on any atom is 0.352 e. The monoisotopic (exact) mass is 555 g/mol. The summed E-state index contributed by atoms with van der Waals surface area (Å²) >= 11 is 0. The van der Waals surface area contributed by atoms with Gasteiger partial charge in [-0.1, -0.05) is 6.07 Å². The van der Waals surface area contributed by atoms with E-state index in [-0.39, 0.29) is 24.4 Å². The molecule has 1 spiro atoms. The first kappa shape index (κ1) is 27.0. The highest BCUT2D eigenvalue weighted by Crippen LogP contribution is 2.65. The first-order valence-electron chi connectivity index (χ1n) is 14.1. The van der Waals surface area contributed by atoms with Gasteiger partial charge in [0.2, 0.25) is 5.91 Å². The summed E-state index contributed by atoms with van der Waals surface area (Å²) in [5, 5.41) is 18.0. The lowest BCUT2D eigenvalue weighted by atomic mass is 9.50. The number of carbonyl (C=O) groups excluding carboxylic acids is 3. The van der Waals surface area contributed by atoms with E-state index in [9.17, 15) is 19.5 Å². The minimum absolute atomic E-state index is 0.122. The van der Waals surface area contributed by atoms with E-state index in [1.165, 1.54) is 13.8 Å². The number of piperidine rings is 1. The van der Waals surface area contributed by atoms with Crippen molar-refractivity contribution in [3.8, 4) is 11.5 Å². The minimum atomic E-state index is -1.22. The van der Waals surface area contributed by atoms with Crippen molar-refractivity contribution in [1.29, 1.82) is 0 Å². The Hall–Kier alpha value is -3.15. The molecule has 0 radical (unpaired) electrons. The van der Waals surface area contributed by atoms with Crippen molar-refractivity contribution in [2.45, 2.75) is 87.3 Å². The number of hydrogen-bond acceptors (Lipinski definition) is 10. The third kappa shape index (κ3) is 3.85. The van der Waals surface area contributed by atoms with E-state index in [1.54, 1.807) is 13.2 Å². The van der Waals surface area contributed by atoms with Gasteiger partial charge in [0.25, 0.3) is 0 Å². The molecule has 7 atom stereocenters. The van der Waals surface area contributed by atoms with Crippen molar-refractivity contribution < 1.29 is 38.4 Å². The lowest BCUT2D eigenvalue weighted by Crippen LogP contribution is -2.74. The summed E-state index contributed by atoms with van der Waals surface area (Å²) in [5.74, 6) is -0.320. The van der Waals surface area contributed by atoms with Gasteiger partial charge in [0.05, 0.1) is 24.2 Å². The van der Waals surface area contributed by atoms with E-state index in [0.717, 1.165) is 30.6 Å². The second-order valence-electron chi connectivity index (χ2n) is 11.7. The lowest BCUT2D eigenvalue weighted by Gasteiger charge is -2.61. The highest BCUT2D eigenvalue weighted by molar-refractivity contribution is 5.88. The molecule has 1 aromatic carbocycles. The highest BCUT2D eigenvalue weighted by atomic mass is 16.6. The van der Waals surface area contributed by atoms with Gasteiger partial charge in [0.15, 0.2) is 23.7 Å². The SMILES string of the molecule is COc1ccc2c3c1O[C@H]1C(OC(=O)[C@H](C)OC(=O)[C@H](C)NC(=O)[C@@H]4CCCN4)=CC[C@@]4(O)[C@H](C2)N(C)CC[C@]314. The van der Waals surface area contributed by atoms with Gasteiger partial charge in [0.1, 0.15) is 11.8 Å². The molecular weight excluding hydrogens is 518 g/mol. The number of likely N-dealkylation sites (tertiary alicyclic amines) is 1. The minimum Gasteiger partial charge on any atom is -0.493 e. The normalized spacial score (nSPS) is 33.1. The molecule has 11 heteroatoms. The van der Waals surface area contributed by atoms with E-state index in [2.05, 4.69) is 15.5 Å². The van der Waals surface area contributed by atoms with E-state index < -0.39 is 41.2 Å². The Morgan fingerprint density at radius 1 is 1.25 bits per heavy atom. The topological polar surface area (TPSA) is 136 Å². The average molecular weight is 556 g/mol. The van der Waals surface area contributed by atoms with Crippen molar-refractivity contribution >= 4 is 17.8 Å². The van der Waals surface area contributed by atoms with E-state index in [0.29, 0.717) is 36.5 Å². The van der Waals surface area contributed by atoms with Crippen molar-refractivity contribution in [3.63, 3.8) is 0 Å². The third-order valence-corrected chi connectivity index (χ3v) is 9.49. The summed E-state index contributed by atoms with van der Waals surface area (Å²) in [6, 6.07) is 2.53. The molecule has 1 amide bonds. The lowest BCUT2D eigenvalue weighted by molar-refractivity contribution is -0.176. The number of rotatable bonds is 7. The van der Waals surface area contributed by atoms with Gasteiger partial charge in [-0.25, -0.2) is 9.59 Å². The number of methoxy groups -OCH3 is 1. The number of nitrogens with zero attached hydrogens (tertiary/aromatic N) is 1. The molecule has 11 nitrogen and oxygen atoms in total. The van der Waals surface area contributed by atoms with E-state index >= 15 is 0 Å². The molecule has 2 bridgehead atoms. The Morgan fingerprint density at radius 3 is 2.77 bits per heavy atom. The molecule has 3 heterocycles. The molecule has 0 aromatic heterocycles. The van der Waals surface area contributed by atoms with Gasteiger partial charge in [-0.05, 0) is 77.4 Å². The smallest absolute Gasteiger partial charge is 0.352 e. The molecule has 2 aliphatic carbocycles. The zero-order valence-electron chi connectivity index (χ0n) is 23.3. The number of ether oxygens (including phenoxy) is 4. The second kappa shape index (κ2) is 9.74. The van der Waals surface area contributed by atoms with Crippen molar-refractivity contribution in [2.24, 2.45) is 0 Å². The maximum atomic E-state index is 13.2. The van der Waals surface area contributed by atoms with Crippen LogP contribution in [0.15, 0.2) is 24.0 Å². The molecule has 0 unspecified atom stereocenters. The fourth-order valence-corrected chi connectivity index (χ4v) is 7.39. The van der Waals surface area contributed by atoms with Crippen LogP contribution in [-0.4, -0.2) is 91.0 Å². The molecule has 216 valence electrons. The number of nitrogens with one attached hydrogen (secondary N) is 2. The van der Waals surface area contributed by atoms with Gasteiger partial charge >= 0.3 is 11.9 Å². The van der Waals surface area contributed by atoms with Crippen LogP contribution in [0.5, 0.6) is 11.5 Å². The Balaban J connectivity index is 1.20. The number of likely N-dealkylation sites (N-methyl/N-ethyl adjacent to an activating group) is 1. The van der Waals surface area contributed by atoms with Crippen LogP contribution >= 0.6 is 0 Å². The van der Waals surface area contributed by atoms with Crippen LogP contribution in [0.4, 0.5) is 0 Å². The molecule has 6 rings (SSSR count). The molecule has 2 fully saturated rings. The van der Waals surface area contributed by atoms with E-state index in [1.807, 2.05) is 19.2 Å². The fourth-order valence-electron chi connectivity index (χ4n) is 7.39. The van der Waals surface area contributed by atoms with Crippen LogP contribution in [0.25, 0.3) is 0 Å².